The molecule has 0 bridgehead atoms. The SMILES string of the molecule is [2H]c1c([2H])c([2H])c(-c2ccnc(-c3cc(-c4cccc5c4nc(-c4cc(C(C)C)cc(C(C)C)c4O)n5-c4cc(-c5ccccc5)c(C([2H])([2H])[2H])cc4-c4ccc(C(C)(C)C)cc4)cc(C(C)(C)C)c3)c2)c([2H])c1[2H]. The van der Waals surface area contributed by atoms with E-state index in [-0.39, 0.29) is 51.6 Å². The van der Waals surface area contributed by atoms with Crippen molar-refractivity contribution < 1.29 is 16.1 Å². The van der Waals surface area contributed by atoms with Gasteiger partial charge in [-0.15, -0.1) is 0 Å². The zero-order valence-corrected chi connectivity index (χ0v) is 40.1. The summed E-state index contributed by atoms with van der Waals surface area (Å²) in [4.78, 5) is 10.4. The maximum atomic E-state index is 12.6. The second-order valence-corrected chi connectivity index (χ2v) is 20.3. The van der Waals surface area contributed by atoms with E-state index >= 15 is 0 Å². The molecule has 0 amide bonds. The normalized spacial score (nSPS) is 14.0. The van der Waals surface area contributed by atoms with Gasteiger partial charge in [0.25, 0.3) is 0 Å². The summed E-state index contributed by atoms with van der Waals surface area (Å²) >= 11 is 0. The fraction of sp³-hybridized carbons (Fsp3) is 0.238. The van der Waals surface area contributed by atoms with Crippen molar-refractivity contribution in [2.24, 2.45) is 0 Å². The number of phenols is 1. The first-order chi connectivity index (χ1) is 35.2. The molecule has 67 heavy (non-hydrogen) atoms. The van der Waals surface area contributed by atoms with Gasteiger partial charge in [0.15, 0.2) is 0 Å². The number of aromatic nitrogens is 3. The first-order valence-corrected chi connectivity index (χ1v) is 23.2. The first-order valence-electron chi connectivity index (χ1n) is 27.2. The van der Waals surface area contributed by atoms with Gasteiger partial charge in [-0.1, -0.05) is 178 Å². The van der Waals surface area contributed by atoms with Gasteiger partial charge in [0, 0.05) is 27.0 Å². The van der Waals surface area contributed by atoms with E-state index in [2.05, 4.69) is 116 Å². The smallest absolute Gasteiger partial charge is 0.149 e. The minimum Gasteiger partial charge on any atom is -0.507 e. The molecule has 4 heteroatoms. The lowest BCUT2D eigenvalue weighted by atomic mass is 9.83. The maximum Gasteiger partial charge on any atom is 0.149 e. The van der Waals surface area contributed by atoms with Gasteiger partial charge >= 0.3 is 0 Å². The standard InChI is InChI=1S/C63H63N3O/c1-39(2)46-35-52(40(3)4)60(67)55(36-46)61-65-59-51(47-32-48(34-50(33-47)63(9,10)11)56-37-45(29-30-64-56)42-19-14-12-15-20-42)23-18-24-57(59)66(61)58-38-53(43-21-16-13-17-22-43)41(5)31-54(58)44-25-27-49(28-26-44)62(6,7)8/h12-40,67H,1-11H3/i5D3,12D,14D,15D,19D,20D. The Kier molecular flexibility index (Phi) is 9.51. The zero-order valence-electron chi connectivity index (χ0n) is 48.1. The van der Waals surface area contributed by atoms with Crippen molar-refractivity contribution in [3.8, 4) is 78.6 Å². The van der Waals surface area contributed by atoms with E-state index in [1.54, 1.807) is 18.3 Å². The van der Waals surface area contributed by atoms with Crippen LogP contribution in [-0.4, -0.2) is 19.6 Å². The minimum atomic E-state index is -2.48. The number of aromatic hydroxyl groups is 1. The van der Waals surface area contributed by atoms with Crippen molar-refractivity contribution in [1.29, 1.82) is 0 Å². The van der Waals surface area contributed by atoms with Crippen LogP contribution in [0.5, 0.6) is 5.75 Å². The van der Waals surface area contributed by atoms with E-state index in [0.717, 1.165) is 55.6 Å². The number of hydrogen-bond acceptors (Lipinski definition) is 3. The van der Waals surface area contributed by atoms with Gasteiger partial charge in [0.1, 0.15) is 11.6 Å². The van der Waals surface area contributed by atoms with E-state index in [1.165, 1.54) is 0 Å². The maximum absolute atomic E-state index is 12.6. The van der Waals surface area contributed by atoms with E-state index in [1.807, 2.05) is 72.8 Å². The molecule has 9 aromatic rings. The van der Waals surface area contributed by atoms with E-state index in [4.69, 9.17) is 20.9 Å². The molecule has 2 aromatic heterocycles. The Morgan fingerprint density at radius 3 is 1.94 bits per heavy atom. The van der Waals surface area contributed by atoms with Crippen LogP contribution in [0.4, 0.5) is 0 Å². The number of aryl methyl sites for hydroxylation is 1. The van der Waals surface area contributed by atoms with Crippen LogP contribution in [-0.2, 0) is 10.8 Å². The Morgan fingerprint density at radius 2 is 1.27 bits per heavy atom. The number of nitrogens with zero attached hydrogens (tertiary/aromatic N) is 3. The third-order valence-electron chi connectivity index (χ3n) is 12.9. The van der Waals surface area contributed by atoms with Crippen LogP contribution in [0.3, 0.4) is 0 Å². The largest absolute Gasteiger partial charge is 0.507 e. The van der Waals surface area contributed by atoms with Crippen molar-refractivity contribution in [2.45, 2.75) is 98.8 Å². The summed E-state index contributed by atoms with van der Waals surface area (Å²) in [5, 5.41) is 12.6. The Hall–Kier alpha value is -7.04. The number of imidazole rings is 1. The quantitative estimate of drug-likeness (QED) is 0.157. The highest BCUT2D eigenvalue weighted by Gasteiger charge is 2.27. The number of rotatable bonds is 9. The summed E-state index contributed by atoms with van der Waals surface area (Å²) in [6.07, 6.45) is 1.60. The number of fused-ring (bicyclic) bond motifs is 1. The Balaban J connectivity index is 1.39. The molecule has 0 fully saturated rings. The van der Waals surface area contributed by atoms with Gasteiger partial charge in [-0.3, -0.25) is 9.55 Å². The minimum absolute atomic E-state index is 0.0258. The van der Waals surface area contributed by atoms with Crippen molar-refractivity contribution in [3.05, 3.63) is 192 Å². The molecule has 0 aliphatic rings. The van der Waals surface area contributed by atoms with Gasteiger partial charge in [-0.25, -0.2) is 4.98 Å². The lowest BCUT2D eigenvalue weighted by Gasteiger charge is -2.22. The highest BCUT2D eigenvalue weighted by atomic mass is 16.3. The second-order valence-electron chi connectivity index (χ2n) is 20.3. The van der Waals surface area contributed by atoms with Crippen LogP contribution in [0.25, 0.3) is 83.9 Å². The monoisotopic (exact) mass is 886 g/mol. The lowest BCUT2D eigenvalue weighted by Crippen LogP contribution is -2.11. The molecule has 4 nitrogen and oxygen atoms in total. The molecular formula is C63H63N3O. The van der Waals surface area contributed by atoms with E-state index < -0.39 is 25.0 Å². The molecule has 2 heterocycles. The molecular weight excluding hydrogens is 815 g/mol. The van der Waals surface area contributed by atoms with Crippen molar-refractivity contribution in [1.82, 2.24) is 14.5 Å². The zero-order chi connectivity index (χ0) is 54.2. The van der Waals surface area contributed by atoms with Crippen LogP contribution in [0.2, 0.25) is 0 Å². The summed E-state index contributed by atoms with van der Waals surface area (Å²) in [7, 11) is 0. The molecule has 9 rings (SSSR count). The highest BCUT2D eigenvalue weighted by Crippen LogP contribution is 2.46. The summed E-state index contributed by atoms with van der Waals surface area (Å²) in [5.41, 5.74) is 12.5. The average Bonchev–Trinajstić information content (AvgIpc) is 3.76. The summed E-state index contributed by atoms with van der Waals surface area (Å²) in [6.45, 7) is 18.8. The topological polar surface area (TPSA) is 50.9 Å². The molecule has 336 valence electrons. The van der Waals surface area contributed by atoms with Crippen molar-refractivity contribution in [3.63, 3.8) is 0 Å². The molecule has 7 aromatic carbocycles. The van der Waals surface area contributed by atoms with Gasteiger partial charge < -0.3 is 5.11 Å². The van der Waals surface area contributed by atoms with E-state index in [9.17, 15) is 5.11 Å². The molecule has 0 saturated carbocycles. The Bertz CT molecular complexity index is 3640. The van der Waals surface area contributed by atoms with Crippen LogP contribution >= 0.6 is 0 Å². The third-order valence-corrected chi connectivity index (χ3v) is 12.9. The number of hydrogen-bond donors (Lipinski definition) is 1. The first kappa shape index (κ1) is 36.1. The van der Waals surface area contributed by atoms with Gasteiger partial charge in [-0.2, -0.15) is 0 Å². The van der Waals surface area contributed by atoms with E-state index in [0.29, 0.717) is 45.0 Å². The number of benzene rings is 7. The molecule has 0 unspecified atom stereocenters. The number of pyridine rings is 1. The summed E-state index contributed by atoms with van der Waals surface area (Å²) < 4.78 is 71.4. The summed E-state index contributed by atoms with van der Waals surface area (Å²) in [6, 6.07) is 39.7. The molecule has 0 saturated heterocycles. The van der Waals surface area contributed by atoms with Gasteiger partial charge in [0.05, 0.1) is 34.8 Å². The molecule has 0 atom stereocenters. The lowest BCUT2D eigenvalue weighted by molar-refractivity contribution is 0.466. The van der Waals surface area contributed by atoms with Crippen LogP contribution in [0, 0.1) is 6.85 Å². The number of para-hydroxylation sites is 1. The van der Waals surface area contributed by atoms with Gasteiger partial charge in [0.2, 0.25) is 0 Å². The predicted molar refractivity (Wildman–Crippen MR) is 283 cm³/mol. The molecule has 1 N–H and O–H groups in total. The van der Waals surface area contributed by atoms with Crippen LogP contribution in [0.15, 0.2) is 164 Å². The number of phenolic OH excluding ortho intramolecular Hbond substituents is 1. The Labute approximate surface area is 409 Å². The van der Waals surface area contributed by atoms with Crippen molar-refractivity contribution >= 4 is 11.0 Å². The highest BCUT2D eigenvalue weighted by molar-refractivity contribution is 5.98. The van der Waals surface area contributed by atoms with Crippen LogP contribution < -0.4 is 0 Å². The van der Waals surface area contributed by atoms with Crippen LogP contribution in [0.1, 0.15) is 120 Å². The molecule has 0 radical (unpaired) electrons. The molecule has 0 spiro atoms. The average molecular weight is 886 g/mol. The molecule has 0 aliphatic carbocycles. The fourth-order valence-electron chi connectivity index (χ4n) is 8.89. The third kappa shape index (κ3) is 8.86. The van der Waals surface area contributed by atoms with Crippen molar-refractivity contribution in [2.75, 3.05) is 0 Å². The fourth-order valence-corrected chi connectivity index (χ4v) is 8.89. The van der Waals surface area contributed by atoms with Gasteiger partial charge in [-0.05, 0) is 139 Å². The molecule has 0 aliphatic heterocycles. The second kappa shape index (κ2) is 17.6. The predicted octanol–water partition coefficient (Wildman–Crippen LogP) is 17.3. The summed E-state index contributed by atoms with van der Waals surface area (Å²) in [5.74, 6) is 0.685. The Morgan fingerprint density at radius 1 is 0.567 bits per heavy atom.